The first-order chi connectivity index (χ1) is 10.7. The molecule has 2 aromatic rings. The van der Waals surface area contributed by atoms with E-state index in [1.165, 1.54) is 5.56 Å². The molecule has 0 saturated heterocycles. The lowest BCUT2D eigenvalue weighted by Crippen LogP contribution is -2.11. The van der Waals surface area contributed by atoms with Crippen molar-refractivity contribution in [1.29, 1.82) is 0 Å². The molecule has 0 heterocycles. The molecule has 22 heavy (non-hydrogen) atoms. The predicted molar refractivity (Wildman–Crippen MR) is 87.8 cm³/mol. The molecule has 0 spiro atoms. The molecule has 0 atom stereocenters. The molecule has 2 aromatic carbocycles. The van der Waals surface area contributed by atoms with E-state index in [1.807, 2.05) is 30.3 Å². The summed E-state index contributed by atoms with van der Waals surface area (Å²) in [5.41, 5.74) is 9.05. The van der Waals surface area contributed by atoms with E-state index >= 15 is 0 Å². The minimum atomic E-state index is 0.428. The normalized spacial score (nSPS) is 10.4. The van der Waals surface area contributed by atoms with E-state index in [9.17, 15) is 0 Å². The van der Waals surface area contributed by atoms with Crippen LogP contribution >= 0.6 is 0 Å². The minimum Gasteiger partial charge on any atom is -0.497 e. The van der Waals surface area contributed by atoms with Crippen LogP contribution in [-0.2, 0) is 6.54 Å². The van der Waals surface area contributed by atoms with Crippen LogP contribution in [0.15, 0.2) is 36.4 Å². The van der Waals surface area contributed by atoms with Crippen LogP contribution < -0.4 is 19.9 Å². The van der Waals surface area contributed by atoms with Crippen molar-refractivity contribution in [3.63, 3.8) is 0 Å². The Morgan fingerprint density at radius 3 is 2.36 bits per heavy atom. The second-order valence-electron chi connectivity index (χ2n) is 5.07. The van der Waals surface area contributed by atoms with Gasteiger partial charge in [0.05, 0.1) is 7.11 Å². The van der Waals surface area contributed by atoms with E-state index in [-0.39, 0.29) is 0 Å². The Bertz CT molecular complexity index is 626. The molecular formula is C18H23NO3. The van der Waals surface area contributed by atoms with Crippen molar-refractivity contribution in [2.75, 3.05) is 20.3 Å². The van der Waals surface area contributed by atoms with Gasteiger partial charge in [0.2, 0.25) is 0 Å². The second kappa shape index (κ2) is 7.71. The maximum Gasteiger partial charge on any atom is 0.127 e. The van der Waals surface area contributed by atoms with Gasteiger partial charge in [-0.15, -0.1) is 0 Å². The van der Waals surface area contributed by atoms with Gasteiger partial charge in [-0.25, -0.2) is 0 Å². The summed E-state index contributed by atoms with van der Waals surface area (Å²) in [4.78, 5) is 0. The molecule has 2 N–H and O–H groups in total. The zero-order valence-electron chi connectivity index (χ0n) is 13.4. The van der Waals surface area contributed by atoms with Gasteiger partial charge in [-0.2, -0.15) is 0 Å². The van der Waals surface area contributed by atoms with Crippen LogP contribution in [0.1, 0.15) is 16.7 Å². The Morgan fingerprint density at radius 1 is 0.955 bits per heavy atom. The lowest BCUT2D eigenvalue weighted by Gasteiger charge is -2.14. The van der Waals surface area contributed by atoms with E-state index in [0.717, 1.165) is 28.4 Å². The zero-order valence-corrected chi connectivity index (χ0v) is 13.4. The maximum atomic E-state index is 5.78. The maximum absolute atomic E-state index is 5.78. The molecule has 0 aromatic heterocycles. The Hall–Kier alpha value is -2.20. The predicted octanol–water partition coefficient (Wildman–Crippen LogP) is 3.23. The molecule has 2 rings (SSSR count). The van der Waals surface area contributed by atoms with Crippen molar-refractivity contribution in [3.05, 3.63) is 53.1 Å². The first-order valence-electron chi connectivity index (χ1n) is 7.34. The van der Waals surface area contributed by atoms with E-state index in [1.54, 1.807) is 7.11 Å². The van der Waals surface area contributed by atoms with Gasteiger partial charge in [0, 0.05) is 18.2 Å². The highest BCUT2D eigenvalue weighted by molar-refractivity contribution is 5.41. The van der Waals surface area contributed by atoms with E-state index in [4.69, 9.17) is 19.9 Å². The lowest BCUT2D eigenvalue weighted by atomic mass is 10.1. The quantitative estimate of drug-likeness (QED) is 0.798. The van der Waals surface area contributed by atoms with Crippen molar-refractivity contribution in [2.24, 2.45) is 5.73 Å². The van der Waals surface area contributed by atoms with Gasteiger partial charge < -0.3 is 19.9 Å². The van der Waals surface area contributed by atoms with Crippen molar-refractivity contribution >= 4 is 0 Å². The highest BCUT2D eigenvalue weighted by atomic mass is 16.5. The number of nitrogens with two attached hydrogens (primary N) is 1. The third kappa shape index (κ3) is 3.92. The van der Waals surface area contributed by atoms with Gasteiger partial charge in [0.15, 0.2) is 0 Å². The van der Waals surface area contributed by atoms with Crippen LogP contribution in [0.3, 0.4) is 0 Å². The van der Waals surface area contributed by atoms with Crippen LogP contribution in [0.5, 0.6) is 17.2 Å². The molecular weight excluding hydrogens is 278 g/mol. The van der Waals surface area contributed by atoms with Gasteiger partial charge in [-0.1, -0.05) is 18.2 Å². The van der Waals surface area contributed by atoms with Crippen LogP contribution in [-0.4, -0.2) is 20.3 Å². The highest BCUT2D eigenvalue weighted by Gasteiger charge is 2.06. The first-order valence-corrected chi connectivity index (χ1v) is 7.34. The van der Waals surface area contributed by atoms with Gasteiger partial charge in [-0.3, -0.25) is 0 Å². The Balaban J connectivity index is 1.92. The minimum absolute atomic E-state index is 0.428. The van der Waals surface area contributed by atoms with E-state index in [0.29, 0.717) is 19.8 Å². The monoisotopic (exact) mass is 301 g/mol. The van der Waals surface area contributed by atoms with Gasteiger partial charge >= 0.3 is 0 Å². The molecule has 0 aliphatic heterocycles. The number of methoxy groups -OCH3 is 1. The summed E-state index contributed by atoms with van der Waals surface area (Å²) in [6.45, 7) is 5.48. The third-order valence-electron chi connectivity index (χ3n) is 3.65. The largest absolute Gasteiger partial charge is 0.497 e. The molecule has 0 amide bonds. The molecule has 0 aliphatic carbocycles. The topological polar surface area (TPSA) is 53.7 Å². The summed E-state index contributed by atoms with van der Waals surface area (Å²) in [5.74, 6) is 2.39. The molecule has 0 aliphatic rings. The van der Waals surface area contributed by atoms with Crippen molar-refractivity contribution in [1.82, 2.24) is 0 Å². The third-order valence-corrected chi connectivity index (χ3v) is 3.65. The summed E-state index contributed by atoms with van der Waals surface area (Å²) in [6, 6.07) is 11.7. The summed E-state index contributed by atoms with van der Waals surface area (Å²) in [5, 5.41) is 0. The van der Waals surface area contributed by atoms with Crippen LogP contribution in [0.25, 0.3) is 0 Å². The van der Waals surface area contributed by atoms with Crippen LogP contribution in [0, 0.1) is 13.8 Å². The summed E-state index contributed by atoms with van der Waals surface area (Å²) in [7, 11) is 1.63. The van der Waals surface area contributed by atoms with Gasteiger partial charge in [-0.05, 0) is 37.1 Å². The Kier molecular flexibility index (Phi) is 5.67. The Labute approximate surface area is 131 Å². The summed E-state index contributed by atoms with van der Waals surface area (Å²) < 4.78 is 16.8. The number of ether oxygens (including phenoxy) is 3. The first kappa shape index (κ1) is 16.2. The fourth-order valence-corrected chi connectivity index (χ4v) is 2.15. The fraction of sp³-hybridized carbons (Fsp3) is 0.333. The molecule has 0 bridgehead atoms. The van der Waals surface area contributed by atoms with Crippen molar-refractivity contribution < 1.29 is 14.2 Å². The van der Waals surface area contributed by atoms with Gasteiger partial charge in [0.25, 0.3) is 0 Å². The lowest BCUT2D eigenvalue weighted by molar-refractivity contribution is 0.214. The average molecular weight is 301 g/mol. The molecule has 118 valence electrons. The molecule has 4 heteroatoms. The van der Waals surface area contributed by atoms with Crippen LogP contribution in [0.4, 0.5) is 0 Å². The molecule has 0 unspecified atom stereocenters. The molecule has 0 saturated carbocycles. The number of aryl methyl sites for hydroxylation is 1. The van der Waals surface area contributed by atoms with E-state index < -0.39 is 0 Å². The molecule has 4 nitrogen and oxygen atoms in total. The van der Waals surface area contributed by atoms with E-state index in [2.05, 4.69) is 19.9 Å². The molecule has 0 fully saturated rings. The summed E-state index contributed by atoms with van der Waals surface area (Å²) >= 11 is 0. The van der Waals surface area contributed by atoms with Gasteiger partial charge in [0.1, 0.15) is 30.5 Å². The SMILES string of the molecule is COc1ccc(CN)c(OCCOc2cccc(C)c2C)c1. The van der Waals surface area contributed by atoms with Crippen LogP contribution in [0.2, 0.25) is 0 Å². The molecule has 0 radical (unpaired) electrons. The second-order valence-corrected chi connectivity index (χ2v) is 5.07. The average Bonchev–Trinajstić information content (AvgIpc) is 2.55. The smallest absolute Gasteiger partial charge is 0.127 e. The number of rotatable bonds is 7. The zero-order chi connectivity index (χ0) is 15.9. The fourth-order valence-electron chi connectivity index (χ4n) is 2.15. The Morgan fingerprint density at radius 2 is 1.68 bits per heavy atom. The summed E-state index contributed by atoms with van der Waals surface area (Å²) in [6.07, 6.45) is 0. The number of hydrogen-bond acceptors (Lipinski definition) is 4. The number of benzene rings is 2. The standard InChI is InChI=1S/C18H23NO3/c1-13-5-4-6-17(14(13)2)21-9-10-22-18-11-16(20-3)8-7-15(18)12-19/h4-8,11H,9-10,12,19H2,1-3H3. The van der Waals surface area contributed by atoms with Crippen molar-refractivity contribution in [2.45, 2.75) is 20.4 Å². The van der Waals surface area contributed by atoms with Crippen molar-refractivity contribution in [3.8, 4) is 17.2 Å². The number of hydrogen-bond donors (Lipinski definition) is 1. The highest BCUT2D eigenvalue weighted by Crippen LogP contribution is 2.25.